The lowest BCUT2D eigenvalue weighted by molar-refractivity contribution is 0.244. The number of nitrogens with two attached hydrogens (primary N) is 1. The number of hydrogen-bond donors (Lipinski definition) is 3. The minimum absolute atomic E-state index is 0.0239. The molecular weight excluding hydrogens is 349 g/mol. The van der Waals surface area contributed by atoms with Gasteiger partial charge in [-0.05, 0) is 32.4 Å². The number of pyridine rings is 2. The van der Waals surface area contributed by atoms with Gasteiger partial charge in [-0.3, -0.25) is 14.9 Å². The zero-order valence-electron chi connectivity index (χ0n) is 15.1. The fourth-order valence-electron chi connectivity index (χ4n) is 3.26. The largest absolute Gasteiger partial charge is 0.489 e. The molecule has 0 amide bonds. The average Bonchev–Trinajstić information content (AvgIpc) is 3.11. The molecule has 0 saturated heterocycles. The van der Waals surface area contributed by atoms with Gasteiger partial charge in [0.2, 0.25) is 0 Å². The van der Waals surface area contributed by atoms with Crippen LogP contribution in [0, 0.1) is 12.7 Å². The predicted octanol–water partition coefficient (Wildman–Crippen LogP) is 3.28. The van der Waals surface area contributed by atoms with Gasteiger partial charge in [0.25, 0.3) is 5.56 Å². The van der Waals surface area contributed by atoms with E-state index in [4.69, 9.17) is 10.5 Å². The highest BCUT2D eigenvalue weighted by Crippen LogP contribution is 2.40. The SMILES string of the molecule is Cc1ncc(OC(C)C)c2c(-c3ccc(F)c4[nH]ncc34)c(N)c(=O)[nH]c12. The number of nitrogens with one attached hydrogen (secondary N) is 2. The number of benzene rings is 1. The Labute approximate surface area is 153 Å². The Balaban J connectivity index is 2.21. The van der Waals surface area contributed by atoms with Crippen LogP contribution in [0.4, 0.5) is 10.1 Å². The smallest absolute Gasteiger partial charge is 0.272 e. The van der Waals surface area contributed by atoms with Gasteiger partial charge in [-0.15, -0.1) is 0 Å². The number of nitrogens with zero attached hydrogens (tertiary/aromatic N) is 2. The van der Waals surface area contributed by atoms with Crippen LogP contribution in [0.25, 0.3) is 32.9 Å². The number of halogens is 1. The fourth-order valence-corrected chi connectivity index (χ4v) is 3.26. The quantitative estimate of drug-likeness (QED) is 0.515. The molecule has 1 aromatic carbocycles. The summed E-state index contributed by atoms with van der Waals surface area (Å²) < 4.78 is 20.0. The number of rotatable bonds is 3. The van der Waals surface area contributed by atoms with E-state index in [1.807, 2.05) is 13.8 Å². The molecule has 0 aliphatic rings. The van der Waals surface area contributed by atoms with Crippen LogP contribution >= 0.6 is 0 Å². The van der Waals surface area contributed by atoms with Gasteiger partial charge in [0.05, 0.1) is 35.1 Å². The summed E-state index contributed by atoms with van der Waals surface area (Å²) in [6.07, 6.45) is 3.01. The fraction of sp³-hybridized carbons (Fsp3) is 0.211. The van der Waals surface area contributed by atoms with Crippen molar-refractivity contribution in [2.45, 2.75) is 26.9 Å². The topological polar surface area (TPSA) is 110 Å². The zero-order valence-corrected chi connectivity index (χ0v) is 15.1. The molecule has 7 nitrogen and oxygen atoms in total. The molecule has 0 saturated carbocycles. The Morgan fingerprint density at radius 2 is 2.00 bits per heavy atom. The van der Waals surface area contributed by atoms with Crippen LogP contribution < -0.4 is 16.0 Å². The second-order valence-corrected chi connectivity index (χ2v) is 6.62. The number of nitrogen functional groups attached to an aromatic ring is 1. The summed E-state index contributed by atoms with van der Waals surface area (Å²) in [6.45, 7) is 5.58. The second kappa shape index (κ2) is 6.08. The molecule has 0 aliphatic carbocycles. The number of ether oxygens (including phenoxy) is 1. The van der Waals surface area contributed by atoms with Gasteiger partial charge >= 0.3 is 0 Å². The Kier molecular flexibility index (Phi) is 3.83. The van der Waals surface area contributed by atoms with Gasteiger partial charge in [-0.25, -0.2) is 4.39 Å². The first-order chi connectivity index (χ1) is 12.9. The third-order valence-electron chi connectivity index (χ3n) is 4.43. The van der Waals surface area contributed by atoms with Crippen LogP contribution in [0.1, 0.15) is 19.5 Å². The molecule has 0 aliphatic heterocycles. The van der Waals surface area contributed by atoms with Crippen molar-refractivity contribution >= 4 is 27.5 Å². The van der Waals surface area contributed by atoms with Crippen LogP contribution in [0.3, 0.4) is 0 Å². The number of anilines is 1. The number of hydrogen-bond acceptors (Lipinski definition) is 5. The van der Waals surface area contributed by atoms with E-state index in [2.05, 4.69) is 20.2 Å². The van der Waals surface area contributed by atoms with Gasteiger partial charge in [-0.2, -0.15) is 5.10 Å². The number of aromatic nitrogens is 4. The summed E-state index contributed by atoms with van der Waals surface area (Å²) >= 11 is 0. The first-order valence-corrected chi connectivity index (χ1v) is 8.48. The van der Waals surface area contributed by atoms with Crippen molar-refractivity contribution in [1.82, 2.24) is 20.2 Å². The van der Waals surface area contributed by atoms with E-state index in [-0.39, 0.29) is 17.3 Å². The molecule has 4 aromatic rings. The molecule has 8 heteroatoms. The Morgan fingerprint density at radius 3 is 2.74 bits per heavy atom. The molecule has 0 radical (unpaired) electrons. The maximum absolute atomic E-state index is 14.1. The zero-order chi connectivity index (χ0) is 19.3. The predicted molar refractivity (Wildman–Crippen MR) is 102 cm³/mol. The third kappa shape index (κ3) is 2.61. The van der Waals surface area contributed by atoms with Crippen LogP contribution in [0.15, 0.2) is 29.3 Å². The summed E-state index contributed by atoms with van der Waals surface area (Å²) in [5.41, 5.74) is 8.24. The van der Waals surface area contributed by atoms with Crippen molar-refractivity contribution < 1.29 is 9.13 Å². The summed E-state index contributed by atoms with van der Waals surface area (Å²) in [5, 5.41) is 7.73. The van der Waals surface area contributed by atoms with Crippen LogP contribution in [0.5, 0.6) is 5.75 Å². The summed E-state index contributed by atoms with van der Waals surface area (Å²) in [5.74, 6) is 0.0555. The molecule has 3 aromatic heterocycles. The summed E-state index contributed by atoms with van der Waals surface area (Å²) in [6, 6.07) is 2.91. The monoisotopic (exact) mass is 367 g/mol. The standard InChI is InChI=1S/C19H18FN5O2/c1-8(2)27-13-7-22-9(3)17-15(13)14(16(21)19(26)24-17)10-4-5-12(20)18-11(10)6-23-25-18/h4-8H,21H2,1-3H3,(H,23,25)(H,24,26). The number of H-pyrrole nitrogens is 2. The molecule has 0 unspecified atom stereocenters. The molecule has 4 rings (SSSR count). The molecule has 4 N–H and O–H groups in total. The molecule has 27 heavy (non-hydrogen) atoms. The lowest BCUT2D eigenvalue weighted by Gasteiger charge is -2.17. The first kappa shape index (κ1) is 17.0. The van der Waals surface area contributed by atoms with Crippen molar-refractivity contribution in [2.75, 3.05) is 5.73 Å². The molecule has 0 bridgehead atoms. The van der Waals surface area contributed by atoms with E-state index < -0.39 is 11.4 Å². The Morgan fingerprint density at radius 1 is 1.22 bits per heavy atom. The highest BCUT2D eigenvalue weighted by molar-refractivity contribution is 6.10. The van der Waals surface area contributed by atoms with E-state index >= 15 is 0 Å². The molecule has 0 spiro atoms. The molecule has 3 heterocycles. The van der Waals surface area contributed by atoms with Gasteiger partial charge < -0.3 is 15.5 Å². The maximum atomic E-state index is 14.1. The molecule has 0 fully saturated rings. The maximum Gasteiger partial charge on any atom is 0.272 e. The van der Waals surface area contributed by atoms with Crippen molar-refractivity contribution in [1.29, 1.82) is 0 Å². The van der Waals surface area contributed by atoms with Crippen molar-refractivity contribution in [3.8, 4) is 16.9 Å². The van der Waals surface area contributed by atoms with Crippen molar-refractivity contribution in [2.24, 2.45) is 0 Å². The molecule has 138 valence electrons. The normalized spacial score (nSPS) is 11.6. The molecular formula is C19H18FN5O2. The second-order valence-electron chi connectivity index (χ2n) is 6.62. The highest BCUT2D eigenvalue weighted by atomic mass is 19.1. The van der Waals surface area contributed by atoms with Gasteiger partial charge in [0, 0.05) is 10.9 Å². The first-order valence-electron chi connectivity index (χ1n) is 8.48. The number of fused-ring (bicyclic) bond motifs is 2. The van der Waals surface area contributed by atoms with Gasteiger partial charge in [-0.1, -0.05) is 6.07 Å². The minimum atomic E-state index is -0.440. The van der Waals surface area contributed by atoms with E-state index in [9.17, 15) is 9.18 Å². The van der Waals surface area contributed by atoms with E-state index in [0.29, 0.717) is 38.9 Å². The summed E-state index contributed by atoms with van der Waals surface area (Å²) in [7, 11) is 0. The van der Waals surface area contributed by atoms with E-state index in [1.165, 1.54) is 12.3 Å². The lowest BCUT2D eigenvalue weighted by atomic mass is 9.96. The van der Waals surface area contributed by atoms with Crippen LogP contribution in [-0.2, 0) is 0 Å². The third-order valence-corrected chi connectivity index (χ3v) is 4.43. The Bertz CT molecular complexity index is 1240. The number of aromatic amines is 2. The lowest BCUT2D eigenvalue weighted by Crippen LogP contribution is -2.16. The molecule has 0 atom stereocenters. The van der Waals surface area contributed by atoms with Crippen molar-refractivity contribution in [3.05, 3.63) is 46.4 Å². The van der Waals surface area contributed by atoms with Crippen LogP contribution in [0.2, 0.25) is 0 Å². The van der Waals surface area contributed by atoms with Gasteiger partial charge in [0.15, 0.2) is 0 Å². The van der Waals surface area contributed by atoms with E-state index in [0.717, 1.165) is 0 Å². The number of aryl methyl sites for hydroxylation is 1. The van der Waals surface area contributed by atoms with Crippen LogP contribution in [-0.4, -0.2) is 26.3 Å². The minimum Gasteiger partial charge on any atom is -0.489 e. The van der Waals surface area contributed by atoms with Crippen molar-refractivity contribution in [3.63, 3.8) is 0 Å². The highest BCUT2D eigenvalue weighted by Gasteiger charge is 2.21. The van der Waals surface area contributed by atoms with E-state index in [1.54, 1.807) is 19.2 Å². The Hall–Kier alpha value is -3.42. The summed E-state index contributed by atoms with van der Waals surface area (Å²) in [4.78, 5) is 19.6. The average molecular weight is 367 g/mol. The van der Waals surface area contributed by atoms with Gasteiger partial charge in [0.1, 0.15) is 22.8 Å².